The van der Waals surface area contributed by atoms with E-state index in [1.807, 2.05) is 25.1 Å². The number of aliphatic hydroxyl groups excluding tert-OH is 1. The van der Waals surface area contributed by atoms with Crippen LogP contribution in [0.15, 0.2) is 18.2 Å². The largest absolute Gasteiger partial charge is 0.489 e. The van der Waals surface area contributed by atoms with Crippen LogP contribution >= 0.6 is 11.6 Å². The molecule has 0 bridgehead atoms. The van der Waals surface area contributed by atoms with E-state index >= 15 is 0 Å². The molecular weight excluding hydrogens is 280 g/mol. The Morgan fingerprint density at radius 3 is 2.80 bits per heavy atom. The Hall–Kier alpha value is -0.810. The normalized spacial score (nSPS) is 17.9. The average molecular weight is 301 g/mol. The molecule has 1 heterocycles. The summed E-state index contributed by atoms with van der Waals surface area (Å²) in [5.41, 5.74) is 1.07. The van der Waals surface area contributed by atoms with Gasteiger partial charge in [0.1, 0.15) is 18.5 Å². The highest BCUT2D eigenvalue weighted by Crippen LogP contribution is 2.25. The zero-order valence-corrected chi connectivity index (χ0v) is 12.4. The van der Waals surface area contributed by atoms with Crippen LogP contribution in [0.2, 0.25) is 5.02 Å². The van der Waals surface area contributed by atoms with Crippen molar-refractivity contribution < 1.29 is 19.3 Å². The van der Waals surface area contributed by atoms with Gasteiger partial charge in [-0.2, -0.15) is 0 Å². The molecule has 0 spiro atoms. The zero-order chi connectivity index (χ0) is 14.4. The molecule has 0 unspecified atom stereocenters. The molecule has 0 radical (unpaired) electrons. The molecule has 112 valence electrons. The molecule has 1 N–H and O–H groups in total. The van der Waals surface area contributed by atoms with Crippen molar-refractivity contribution in [3.05, 3.63) is 28.8 Å². The third-order valence-corrected chi connectivity index (χ3v) is 3.51. The smallest absolute Gasteiger partial charge is 0.138 e. The number of aliphatic hydroxyl groups is 1. The van der Waals surface area contributed by atoms with Crippen molar-refractivity contribution in [2.45, 2.75) is 32.0 Å². The maximum Gasteiger partial charge on any atom is 0.138 e. The monoisotopic (exact) mass is 300 g/mol. The van der Waals surface area contributed by atoms with E-state index in [-0.39, 0.29) is 19.3 Å². The lowest BCUT2D eigenvalue weighted by molar-refractivity contribution is -0.0659. The summed E-state index contributed by atoms with van der Waals surface area (Å²) >= 11 is 6.06. The maximum atomic E-state index is 9.86. The summed E-state index contributed by atoms with van der Waals surface area (Å²) in [7, 11) is 0. The maximum absolute atomic E-state index is 9.86. The predicted octanol–water partition coefficient (Wildman–Crippen LogP) is 2.58. The van der Waals surface area contributed by atoms with Gasteiger partial charge in [-0.3, -0.25) is 0 Å². The molecular formula is C15H21ClO4. The van der Waals surface area contributed by atoms with E-state index in [4.69, 9.17) is 25.8 Å². The highest BCUT2D eigenvalue weighted by molar-refractivity contribution is 6.32. The second-order valence-electron chi connectivity index (χ2n) is 5.04. The van der Waals surface area contributed by atoms with Crippen LogP contribution in [0.1, 0.15) is 18.4 Å². The minimum absolute atomic E-state index is 0.173. The van der Waals surface area contributed by atoms with Crippen LogP contribution in [0.4, 0.5) is 0 Å². The fourth-order valence-electron chi connectivity index (χ4n) is 2.05. The number of hydrogen-bond acceptors (Lipinski definition) is 4. The van der Waals surface area contributed by atoms with Crippen LogP contribution in [0.5, 0.6) is 5.75 Å². The van der Waals surface area contributed by atoms with Crippen LogP contribution < -0.4 is 4.74 Å². The van der Waals surface area contributed by atoms with E-state index in [1.54, 1.807) is 0 Å². The standard InChI is InChI=1S/C15H21ClO4/c1-11-2-3-15(14(16)8-11)20-10-12(17)9-19-13-4-6-18-7-5-13/h2-3,8,12-13,17H,4-7,9-10H2,1H3/t12-/m0/s1. The molecule has 4 nitrogen and oxygen atoms in total. The molecule has 5 heteroatoms. The molecule has 20 heavy (non-hydrogen) atoms. The summed E-state index contributed by atoms with van der Waals surface area (Å²) in [4.78, 5) is 0. The first-order valence-corrected chi connectivity index (χ1v) is 7.29. The van der Waals surface area contributed by atoms with E-state index in [1.165, 1.54) is 0 Å². The van der Waals surface area contributed by atoms with Gasteiger partial charge in [0.15, 0.2) is 0 Å². The molecule has 0 aromatic heterocycles. The topological polar surface area (TPSA) is 47.9 Å². The molecule has 0 aliphatic carbocycles. The molecule has 1 saturated heterocycles. The van der Waals surface area contributed by atoms with Crippen molar-refractivity contribution in [2.75, 3.05) is 26.4 Å². The Labute approximate surface area is 124 Å². The minimum Gasteiger partial charge on any atom is -0.489 e. The SMILES string of the molecule is Cc1ccc(OC[C@@H](O)COC2CCOCC2)c(Cl)c1. The molecule has 1 aliphatic rings. The molecule has 0 saturated carbocycles. The summed E-state index contributed by atoms with van der Waals surface area (Å²) in [6, 6.07) is 5.57. The molecule has 2 rings (SSSR count). The van der Waals surface area contributed by atoms with E-state index in [2.05, 4.69) is 0 Å². The van der Waals surface area contributed by atoms with Gasteiger partial charge < -0.3 is 19.3 Å². The number of ether oxygens (including phenoxy) is 3. The van der Waals surface area contributed by atoms with E-state index < -0.39 is 6.10 Å². The average Bonchev–Trinajstić information content (AvgIpc) is 2.45. The first kappa shape index (κ1) is 15.6. The fraction of sp³-hybridized carbons (Fsp3) is 0.600. The molecule has 0 amide bonds. The van der Waals surface area contributed by atoms with Crippen molar-refractivity contribution >= 4 is 11.6 Å². The van der Waals surface area contributed by atoms with Gasteiger partial charge in [-0.25, -0.2) is 0 Å². The minimum atomic E-state index is -0.657. The summed E-state index contributed by atoms with van der Waals surface area (Å²) in [6.07, 6.45) is 1.30. The van der Waals surface area contributed by atoms with Gasteiger partial charge in [0.05, 0.1) is 17.7 Å². The third kappa shape index (κ3) is 4.94. The quantitative estimate of drug-likeness (QED) is 0.877. The Morgan fingerprint density at radius 1 is 1.35 bits per heavy atom. The van der Waals surface area contributed by atoms with Gasteiger partial charge in [-0.05, 0) is 37.5 Å². The van der Waals surface area contributed by atoms with Gasteiger partial charge in [0.25, 0.3) is 0 Å². The molecule has 1 aliphatic heterocycles. The van der Waals surface area contributed by atoms with Crippen molar-refractivity contribution in [1.82, 2.24) is 0 Å². The fourth-order valence-corrected chi connectivity index (χ4v) is 2.34. The second kappa shape index (κ2) is 7.84. The lowest BCUT2D eigenvalue weighted by Crippen LogP contribution is -2.30. The van der Waals surface area contributed by atoms with Gasteiger partial charge in [-0.1, -0.05) is 17.7 Å². The Bertz CT molecular complexity index is 418. The summed E-state index contributed by atoms with van der Waals surface area (Å²) in [5.74, 6) is 0.586. The summed E-state index contributed by atoms with van der Waals surface area (Å²) < 4.78 is 16.4. The Balaban J connectivity index is 1.70. The first-order chi connectivity index (χ1) is 9.65. The molecule has 1 aromatic carbocycles. The number of aryl methyl sites for hydroxylation is 1. The van der Waals surface area contributed by atoms with Crippen LogP contribution in [0, 0.1) is 6.92 Å². The lowest BCUT2D eigenvalue weighted by atomic mass is 10.1. The molecule has 1 aromatic rings. The first-order valence-electron chi connectivity index (χ1n) is 6.91. The lowest BCUT2D eigenvalue weighted by Gasteiger charge is -2.23. The summed E-state index contributed by atoms with van der Waals surface area (Å²) in [5, 5.41) is 10.4. The number of rotatable bonds is 6. The number of halogens is 1. The van der Waals surface area contributed by atoms with Crippen LogP contribution in [-0.2, 0) is 9.47 Å². The molecule has 1 fully saturated rings. The van der Waals surface area contributed by atoms with E-state index in [0.717, 1.165) is 31.6 Å². The second-order valence-corrected chi connectivity index (χ2v) is 5.45. The van der Waals surface area contributed by atoms with Crippen molar-refractivity contribution in [2.24, 2.45) is 0 Å². The Morgan fingerprint density at radius 2 is 2.10 bits per heavy atom. The molecule has 1 atom stereocenters. The van der Waals surface area contributed by atoms with Gasteiger partial charge in [0.2, 0.25) is 0 Å². The van der Waals surface area contributed by atoms with Crippen LogP contribution in [0.3, 0.4) is 0 Å². The van der Waals surface area contributed by atoms with E-state index in [9.17, 15) is 5.11 Å². The van der Waals surface area contributed by atoms with Gasteiger partial charge >= 0.3 is 0 Å². The predicted molar refractivity (Wildman–Crippen MR) is 77.5 cm³/mol. The summed E-state index contributed by atoms with van der Waals surface area (Å²) in [6.45, 7) is 3.87. The van der Waals surface area contributed by atoms with Crippen molar-refractivity contribution in [3.8, 4) is 5.75 Å². The number of benzene rings is 1. The van der Waals surface area contributed by atoms with E-state index in [0.29, 0.717) is 10.8 Å². The Kier molecular flexibility index (Phi) is 6.10. The van der Waals surface area contributed by atoms with Gasteiger partial charge in [-0.15, -0.1) is 0 Å². The highest BCUT2D eigenvalue weighted by atomic mass is 35.5. The van der Waals surface area contributed by atoms with Crippen LogP contribution in [-0.4, -0.2) is 43.7 Å². The van der Waals surface area contributed by atoms with Crippen molar-refractivity contribution in [1.29, 1.82) is 0 Å². The third-order valence-electron chi connectivity index (χ3n) is 3.21. The van der Waals surface area contributed by atoms with Crippen LogP contribution in [0.25, 0.3) is 0 Å². The van der Waals surface area contributed by atoms with Crippen molar-refractivity contribution in [3.63, 3.8) is 0 Å². The number of hydrogen-bond donors (Lipinski definition) is 1. The zero-order valence-electron chi connectivity index (χ0n) is 11.7. The van der Waals surface area contributed by atoms with Gasteiger partial charge in [0, 0.05) is 13.2 Å². The highest BCUT2D eigenvalue weighted by Gasteiger charge is 2.16.